The van der Waals surface area contributed by atoms with E-state index < -0.39 is 15.8 Å². The maximum atomic E-state index is 13.2. The van der Waals surface area contributed by atoms with E-state index in [4.69, 9.17) is 0 Å². The van der Waals surface area contributed by atoms with Gasteiger partial charge in [-0.3, -0.25) is 0 Å². The Morgan fingerprint density at radius 1 is 1.03 bits per heavy atom. The number of aryl methyl sites for hydroxylation is 1. The van der Waals surface area contributed by atoms with E-state index in [0.717, 1.165) is 47.9 Å². The highest BCUT2D eigenvalue weighted by molar-refractivity contribution is 7.91. The molecule has 5 heteroatoms. The first kappa shape index (κ1) is 27.2. The minimum Gasteiger partial charge on any atom is -0.478 e. The Balaban J connectivity index is 2.09. The van der Waals surface area contributed by atoms with Crippen LogP contribution in [-0.2, 0) is 21.7 Å². The number of allylic oxidation sites excluding steroid dienone is 1. The molecule has 0 atom stereocenters. The summed E-state index contributed by atoms with van der Waals surface area (Å²) in [7, 11) is -3.33. The van der Waals surface area contributed by atoms with Crippen LogP contribution in [0.15, 0.2) is 41.3 Å². The molecular formula is C30H40O4S. The maximum Gasteiger partial charge on any atom is 0.336 e. The van der Waals surface area contributed by atoms with Gasteiger partial charge in [-0.25, -0.2) is 13.2 Å². The Bertz CT molecular complexity index is 1190. The Kier molecular flexibility index (Phi) is 8.98. The number of carboxylic acid groups (broad SMARTS) is 1. The average molecular weight is 497 g/mol. The first-order valence-electron chi connectivity index (χ1n) is 13.0. The van der Waals surface area contributed by atoms with Crippen molar-refractivity contribution in [2.75, 3.05) is 5.75 Å². The summed E-state index contributed by atoms with van der Waals surface area (Å²) in [6.07, 6.45) is 11.3. The smallest absolute Gasteiger partial charge is 0.336 e. The fourth-order valence-electron chi connectivity index (χ4n) is 5.16. The van der Waals surface area contributed by atoms with Gasteiger partial charge in [0.05, 0.1) is 16.2 Å². The maximum absolute atomic E-state index is 13.2. The van der Waals surface area contributed by atoms with Crippen LogP contribution in [0.5, 0.6) is 0 Å². The van der Waals surface area contributed by atoms with Crippen molar-refractivity contribution in [1.29, 1.82) is 0 Å². The Labute approximate surface area is 211 Å². The standard InChI is InChI=1S/C30H40O4S/c1-5-6-7-8-9-10-14-24-20-28-27(30(3,4)17-13-18-35(28,33)34)21-26(24)22(2)19-23-15-11-12-16-25(23)29(31)32/h11-12,15-16,19-21H,5-10,13-14,17-18H2,1-4H3,(H,31,32). The molecule has 0 amide bonds. The third-order valence-corrected chi connectivity index (χ3v) is 9.11. The second-order valence-corrected chi connectivity index (χ2v) is 12.6. The van der Waals surface area contributed by atoms with Gasteiger partial charge < -0.3 is 5.11 Å². The molecule has 2 aromatic rings. The van der Waals surface area contributed by atoms with Gasteiger partial charge in [0.25, 0.3) is 0 Å². The molecule has 0 aromatic heterocycles. The topological polar surface area (TPSA) is 71.4 Å². The van der Waals surface area contributed by atoms with Crippen molar-refractivity contribution in [3.8, 4) is 0 Å². The largest absolute Gasteiger partial charge is 0.478 e. The number of carbonyl (C=O) groups is 1. The van der Waals surface area contributed by atoms with Crippen molar-refractivity contribution < 1.29 is 18.3 Å². The molecule has 0 saturated heterocycles. The second-order valence-electron chi connectivity index (χ2n) is 10.5. The fourth-order valence-corrected chi connectivity index (χ4v) is 6.89. The molecule has 3 rings (SSSR count). The predicted molar refractivity (Wildman–Crippen MR) is 145 cm³/mol. The summed E-state index contributed by atoms with van der Waals surface area (Å²) >= 11 is 0. The van der Waals surface area contributed by atoms with E-state index in [1.54, 1.807) is 12.1 Å². The number of sulfone groups is 1. The van der Waals surface area contributed by atoms with E-state index in [2.05, 4.69) is 26.8 Å². The number of aromatic carboxylic acids is 1. The highest BCUT2D eigenvalue weighted by Crippen LogP contribution is 2.40. The average Bonchev–Trinajstić information content (AvgIpc) is 2.88. The monoisotopic (exact) mass is 496 g/mol. The van der Waals surface area contributed by atoms with E-state index in [0.29, 0.717) is 16.9 Å². The summed E-state index contributed by atoms with van der Waals surface area (Å²) in [5.41, 5.74) is 4.60. The van der Waals surface area contributed by atoms with Crippen LogP contribution in [0, 0.1) is 0 Å². The molecule has 190 valence electrons. The molecule has 0 saturated carbocycles. The molecule has 0 aliphatic carbocycles. The van der Waals surface area contributed by atoms with E-state index in [1.165, 1.54) is 25.7 Å². The summed E-state index contributed by atoms with van der Waals surface area (Å²) < 4.78 is 26.4. The summed E-state index contributed by atoms with van der Waals surface area (Å²) in [6.45, 7) is 8.47. The molecule has 0 bridgehead atoms. The number of fused-ring (bicyclic) bond motifs is 1. The molecule has 0 fully saturated rings. The van der Waals surface area contributed by atoms with Gasteiger partial charge >= 0.3 is 5.97 Å². The highest BCUT2D eigenvalue weighted by Gasteiger charge is 2.33. The third-order valence-electron chi connectivity index (χ3n) is 7.27. The van der Waals surface area contributed by atoms with Gasteiger partial charge in [-0.1, -0.05) is 77.2 Å². The molecule has 1 aliphatic rings. The number of rotatable bonds is 10. The zero-order valence-corrected chi connectivity index (χ0v) is 22.5. The van der Waals surface area contributed by atoms with Crippen LogP contribution in [0.1, 0.15) is 112 Å². The first-order valence-corrected chi connectivity index (χ1v) is 14.6. The van der Waals surface area contributed by atoms with Gasteiger partial charge in [-0.15, -0.1) is 0 Å². The molecule has 1 aliphatic heterocycles. The first-order chi connectivity index (χ1) is 16.6. The van der Waals surface area contributed by atoms with Gasteiger partial charge in [0.15, 0.2) is 9.84 Å². The van der Waals surface area contributed by atoms with Crippen molar-refractivity contribution in [3.05, 3.63) is 64.2 Å². The molecule has 2 aromatic carbocycles. The normalized spacial score (nSPS) is 17.0. The Hall–Kier alpha value is -2.40. The SMILES string of the molecule is CCCCCCCCc1cc2c(cc1C(C)=Cc1ccccc1C(=O)O)C(C)(C)CCCS2(=O)=O. The minimum absolute atomic E-state index is 0.194. The van der Waals surface area contributed by atoms with Crippen molar-refractivity contribution in [2.24, 2.45) is 0 Å². The second kappa shape index (κ2) is 11.6. The van der Waals surface area contributed by atoms with Crippen LogP contribution in [0.2, 0.25) is 0 Å². The Morgan fingerprint density at radius 2 is 1.71 bits per heavy atom. The summed E-state index contributed by atoms with van der Waals surface area (Å²) in [4.78, 5) is 12.2. The van der Waals surface area contributed by atoms with Crippen molar-refractivity contribution in [1.82, 2.24) is 0 Å². The summed E-state index contributed by atoms with van der Waals surface area (Å²) in [6, 6.07) is 11.0. The van der Waals surface area contributed by atoms with Gasteiger partial charge in [0.2, 0.25) is 0 Å². The van der Waals surface area contributed by atoms with E-state index in [-0.39, 0.29) is 16.7 Å². The molecule has 4 nitrogen and oxygen atoms in total. The van der Waals surface area contributed by atoms with Crippen LogP contribution in [0.3, 0.4) is 0 Å². The highest BCUT2D eigenvalue weighted by atomic mass is 32.2. The van der Waals surface area contributed by atoms with Crippen LogP contribution in [0.25, 0.3) is 11.6 Å². The van der Waals surface area contributed by atoms with Crippen LogP contribution in [-0.4, -0.2) is 25.2 Å². The Morgan fingerprint density at radius 3 is 2.43 bits per heavy atom. The van der Waals surface area contributed by atoms with Gasteiger partial charge in [-0.05, 0) is 84.0 Å². The molecule has 1 N–H and O–H groups in total. The third kappa shape index (κ3) is 6.63. The van der Waals surface area contributed by atoms with E-state index >= 15 is 0 Å². The zero-order chi connectivity index (χ0) is 25.6. The molecule has 0 radical (unpaired) electrons. The van der Waals surface area contributed by atoms with Crippen molar-refractivity contribution in [3.63, 3.8) is 0 Å². The lowest BCUT2D eigenvalue weighted by atomic mass is 9.78. The van der Waals surface area contributed by atoms with E-state index in [1.807, 2.05) is 31.2 Å². The molecule has 0 spiro atoms. The number of hydrogen-bond acceptors (Lipinski definition) is 3. The summed E-state index contributed by atoms with van der Waals surface area (Å²) in [5.74, 6) is -0.758. The number of unbranched alkanes of at least 4 members (excludes halogenated alkanes) is 5. The molecule has 35 heavy (non-hydrogen) atoms. The van der Waals surface area contributed by atoms with Gasteiger partial charge in [0.1, 0.15) is 0 Å². The zero-order valence-electron chi connectivity index (χ0n) is 21.7. The van der Waals surface area contributed by atoms with Crippen LogP contribution >= 0.6 is 0 Å². The lowest BCUT2D eigenvalue weighted by molar-refractivity contribution is 0.0696. The minimum atomic E-state index is -3.33. The predicted octanol–water partition coefficient (Wildman–Crippen LogP) is 7.69. The van der Waals surface area contributed by atoms with Crippen LogP contribution in [0.4, 0.5) is 0 Å². The summed E-state index contributed by atoms with van der Waals surface area (Å²) in [5, 5.41) is 9.63. The number of hydrogen-bond donors (Lipinski definition) is 1. The van der Waals surface area contributed by atoms with Crippen LogP contribution < -0.4 is 0 Å². The van der Waals surface area contributed by atoms with Crippen molar-refractivity contribution >= 4 is 27.5 Å². The molecular weight excluding hydrogens is 456 g/mol. The number of carboxylic acids is 1. The number of benzene rings is 2. The lowest BCUT2D eigenvalue weighted by Gasteiger charge is -2.27. The van der Waals surface area contributed by atoms with E-state index in [9.17, 15) is 18.3 Å². The van der Waals surface area contributed by atoms with Crippen molar-refractivity contribution in [2.45, 2.75) is 95.8 Å². The molecule has 0 unspecified atom stereocenters. The fraction of sp³-hybridized carbons (Fsp3) is 0.500. The molecule has 1 heterocycles. The van der Waals surface area contributed by atoms with Gasteiger partial charge in [0, 0.05) is 0 Å². The van der Waals surface area contributed by atoms with Gasteiger partial charge in [-0.2, -0.15) is 0 Å². The lowest BCUT2D eigenvalue weighted by Crippen LogP contribution is -2.19. The quantitative estimate of drug-likeness (QED) is 0.270.